The van der Waals surface area contributed by atoms with Crippen LogP contribution in [0.3, 0.4) is 0 Å². The Morgan fingerprint density at radius 3 is 2.83 bits per heavy atom. The lowest BCUT2D eigenvalue weighted by Crippen LogP contribution is -2.33. The largest absolute Gasteiger partial charge is 0.353 e. The molecule has 0 spiro atoms. The molecule has 1 amide bonds. The van der Waals surface area contributed by atoms with Crippen LogP contribution in [-0.4, -0.2) is 21.9 Å². The van der Waals surface area contributed by atoms with Crippen LogP contribution < -0.4 is 5.32 Å². The van der Waals surface area contributed by atoms with Gasteiger partial charge in [0.05, 0.1) is 12.1 Å². The van der Waals surface area contributed by atoms with Gasteiger partial charge in [0.1, 0.15) is 5.01 Å². The first-order valence-corrected chi connectivity index (χ1v) is 9.06. The van der Waals surface area contributed by atoms with Crippen LogP contribution in [0.2, 0.25) is 0 Å². The van der Waals surface area contributed by atoms with Crippen LogP contribution in [-0.2, 0) is 11.2 Å². The van der Waals surface area contributed by atoms with E-state index < -0.39 is 0 Å². The average Bonchev–Trinajstić information content (AvgIpc) is 2.96. The normalized spacial score (nSPS) is 12.3. The summed E-state index contributed by atoms with van der Waals surface area (Å²) in [5, 5.41) is 5.92. The molecular weight excluding hydrogens is 306 g/mol. The van der Waals surface area contributed by atoms with Crippen molar-refractivity contribution in [3.63, 3.8) is 0 Å². The summed E-state index contributed by atoms with van der Waals surface area (Å²) in [6, 6.07) is 4.09. The number of carbonyl (C=O) groups excluding carboxylic acids is 1. The lowest BCUT2D eigenvalue weighted by molar-refractivity contribution is -0.121. The van der Waals surface area contributed by atoms with Gasteiger partial charge >= 0.3 is 0 Å². The Balaban J connectivity index is 1.80. The highest BCUT2D eigenvalue weighted by Gasteiger charge is 2.11. The monoisotopic (exact) mass is 331 g/mol. The molecule has 0 aliphatic heterocycles. The molecule has 0 aliphatic carbocycles. The van der Waals surface area contributed by atoms with Gasteiger partial charge in [0.15, 0.2) is 0 Å². The van der Waals surface area contributed by atoms with Crippen molar-refractivity contribution in [3.05, 3.63) is 35.6 Å². The molecule has 0 fully saturated rings. The first-order chi connectivity index (χ1) is 11.0. The molecule has 2 heterocycles. The third kappa shape index (κ3) is 6.10. The fourth-order valence-corrected chi connectivity index (χ4v) is 3.22. The van der Waals surface area contributed by atoms with Gasteiger partial charge in [-0.2, -0.15) is 0 Å². The molecule has 2 rings (SSSR count). The number of carbonyl (C=O) groups is 1. The van der Waals surface area contributed by atoms with Gasteiger partial charge in [-0.1, -0.05) is 26.7 Å². The number of aromatic nitrogens is 2. The Morgan fingerprint density at radius 1 is 1.30 bits per heavy atom. The number of thiazole rings is 1. The number of hydrogen-bond acceptors (Lipinski definition) is 4. The van der Waals surface area contributed by atoms with Crippen LogP contribution >= 0.6 is 11.3 Å². The van der Waals surface area contributed by atoms with Gasteiger partial charge in [-0.05, 0) is 31.4 Å². The zero-order valence-corrected chi connectivity index (χ0v) is 14.9. The molecule has 1 unspecified atom stereocenters. The standard InChI is InChI=1S/C18H25N3OS/c1-13(2)6-4-7-14(3)20-17(22)10-16-12-23-18(21-16)15-8-5-9-19-11-15/h5,8-9,11-14H,4,6-7,10H2,1-3H3,(H,20,22). The zero-order chi connectivity index (χ0) is 16.7. The average molecular weight is 331 g/mol. The molecular formula is C18H25N3OS. The molecule has 1 N–H and O–H groups in total. The van der Waals surface area contributed by atoms with Crippen molar-refractivity contribution in [2.24, 2.45) is 5.92 Å². The van der Waals surface area contributed by atoms with Gasteiger partial charge in [0, 0.05) is 29.4 Å². The maximum Gasteiger partial charge on any atom is 0.226 e. The van der Waals surface area contributed by atoms with E-state index in [2.05, 4.69) is 36.1 Å². The van der Waals surface area contributed by atoms with E-state index in [1.165, 1.54) is 6.42 Å². The van der Waals surface area contributed by atoms with Crippen LogP contribution in [0.4, 0.5) is 0 Å². The number of rotatable bonds is 8. The fourth-order valence-electron chi connectivity index (χ4n) is 2.40. The van der Waals surface area contributed by atoms with Crippen LogP contribution in [0, 0.1) is 5.92 Å². The molecule has 0 saturated heterocycles. The van der Waals surface area contributed by atoms with Gasteiger partial charge in [-0.3, -0.25) is 9.78 Å². The van der Waals surface area contributed by atoms with Gasteiger partial charge in [0.25, 0.3) is 0 Å². The molecule has 1 atom stereocenters. The summed E-state index contributed by atoms with van der Waals surface area (Å²) in [5.74, 6) is 0.767. The smallest absolute Gasteiger partial charge is 0.226 e. The number of nitrogens with zero attached hydrogens (tertiary/aromatic N) is 2. The van der Waals surface area contributed by atoms with Gasteiger partial charge < -0.3 is 5.32 Å². The molecule has 5 heteroatoms. The molecule has 0 bridgehead atoms. The van der Waals surface area contributed by atoms with E-state index in [0.717, 1.165) is 35.0 Å². The first kappa shape index (κ1) is 17.6. The van der Waals surface area contributed by atoms with Crippen LogP contribution in [0.25, 0.3) is 10.6 Å². The molecule has 0 aliphatic rings. The summed E-state index contributed by atoms with van der Waals surface area (Å²) < 4.78 is 0. The predicted octanol–water partition coefficient (Wildman–Crippen LogP) is 4.08. The van der Waals surface area contributed by atoms with Gasteiger partial charge in [-0.15, -0.1) is 11.3 Å². The highest BCUT2D eigenvalue weighted by molar-refractivity contribution is 7.13. The Kier molecular flexibility index (Phi) is 6.71. The molecule has 4 nitrogen and oxygen atoms in total. The minimum atomic E-state index is 0.0464. The number of amides is 1. The van der Waals surface area contributed by atoms with Crippen molar-refractivity contribution in [2.45, 2.75) is 52.5 Å². The third-order valence-corrected chi connectivity index (χ3v) is 4.57. The van der Waals surface area contributed by atoms with E-state index >= 15 is 0 Å². The second kappa shape index (κ2) is 8.77. The molecule has 23 heavy (non-hydrogen) atoms. The van der Waals surface area contributed by atoms with Crippen molar-refractivity contribution in [1.82, 2.24) is 15.3 Å². The second-order valence-electron chi connectivity index (χ2n) is 6.36. The van der Waals surface area contributed by atoms with E-state index in [4.69, 9.17) is 0 Å². The minimum Gasteiger partial charge on any atom is -0.353 e. The van der Waals surface area contributed by atoms with Crippen LogP contribution in [0.5, 0.6) is 0 Å². The van der Waals surface area contributed by atoms with E-state index in [0.29, 0.717) is 6.42 Å². The summed E-state index contributed by atoms with van der Waals surface area (Å²) in [6.45, 7) is 6.52. The fraction of sp³-hybridized carbons (Fsp3) is 0.500. The van der Waals surface area contributed by atoms with E-state index in [1.807, 2.05) is 17.5 Å². The Hall–Kier alpha value is -1.75. The van der Waals surface area contributed by atoms with Crippen molar-refractivity contribution >= 4 is 17.2 Å². The molecule has 124 valence electrons. The SMILES string of the molecule is CC(C)CCCC(C)NC(=O)Cc1csc(-c2cccnc2)n1. The maximum absolute atomic E-state index is 12.1. The zero-order valence-electron chi connectivity index (χ0n) is 14.1. The number of hydrogen-bond donors (Lipinski definition) is 1. The van der Waals surface area contributed by atoms with Gasteiger partial charge in [-0.25, -0.2) is 4.98 Å². The molecule has 2 aromatic rings. The Labute approximate surface area is 142 Å². The van der Waals surface area contributed by atoms with Gasteiger partial charge in [0.2, 0.25) is 5.91 Å². The summed E-state index contributed by atoms with van der Waals surface area (Å²) in [5.41, 5.74) is 1.81. The lowest BCUT2D eigenvalue weighted by atomic mass is 10.0. The lowest BCUT2D eigenvalue weighted by Gasteiger charge is -2.14. The van der Waals surface area contributed by atoms with Crippen LogP contribution in [0.15, 0.2) is 29.9 Å². The topological polar surface area (TPSA) is 54.9 Å². The van der Waals surface area contributed by atoms with Crippen molar-refractivity contribution in [3.8, 4) is 10.6 Å². The van der Waals surface area contributed by atoms with Crippen molar-refractivity contribution < 1.29 is 4.79 Å². The summed E-state index contributed by atoms with van der Waals surface area (Å²) >= 11 is 1.55. The van der Waals surface area contributed by atoms with Crippen LogP contribution in [0.1, 0.15) is 45.7 Å². The third-order valence-electron chi connectivity index (χ3n) is 3.63. The summed E-state index contributed by atoms with van der Waals surface area (Å²) in [6.07, 6.45) is 7.26. The molecule has 2 aromatic heterocycles. The first-order valence-electron chi connectivity index (χ1n) is 8.18. The Bertz CT molecular complexity index is 610. The number of pyridine rings is 1. The minimum absolute atomic E-state index is 0.0464. The van der Waals surface area contributed by atoms with Crippen molar-refractivity contribution in [2.75, 3.05) is 0 Å². The van der Waals surface area contributed by atoms with E-state index in [-0.39, 0.29) is 11.9 Å². The molecule has 0 saturated carbocycles. The molecule has 0 radical (unpaired) electrons. The maximum atomic E-state index is 12.1. The highest BCUT2D eigenvalue weighted by atomic mass is 32.1. The molecule has 0 aromatic carbocycles. The Morgan fingerprint density at radius 2 is 2.13 bits per heavy atom. The highest BCUT2D eigenvalue weighted by Crippen LogP contribution is 2.22. The summed E-state index contributed by atoms with van der Waals surface area (Å²) in [4.78, 5) is 20.7. The second-order valence-corrected chi connectivity index (χ2v) is 7.21. The quantitative estimate of drug-likeness (QED) is 0.793. The van der Waals surface area contributed by atoms with E-state index in [9.17, 15) is 4.79 Å². The predicted molar refractivity (Wildman–Crippen MR) is 95.3 cm³/mol. The number of nitrogens with one attached hydrogen (secondary N) is 1. The van der Waals surface area contributed by atoms with Crippen molar-refractivity contribution in [1.29, 1.82) is 0 Å². The van der Waals surface area contributed by atoms with E-state index in [1.54, 1.807) is 23.7 Å². The summed E-state index contributed by atoms with van der Waals surface area (Å²) in [7, 11) is 0.